The molecule has 0 saturated carbocycles. The van der Waals surface area contributed by atoms with E-state index in [4.69, 9.17) is 26.8 Å². The molecule has 2 rings (SSSR count). The highest BCUT2D eigenvalue weighted by molar-refractivity contribution is 7.13. The second-order valence-corrected chi connectivity index (χ2v) is 6.25. The summed E-state index contributed by atoms with van der Waals surface area (Å²) in [5, 5.41) is 3.20. The van der Waals surface area contributed by atoms with Gasteiger partial charge in [-0.2, -0.15) is 0 Å². The Kier molecular flexibility index (Phi) is 6.62. The molecule has 0 aliphatic carbocycles. The molecule has 2 aromatic rings. The zero-order valence-corrected chi connectivity index (χ0v) is 15.1. The van der Waals surface area contributed by atoms with Gasteiger partial charge < -0.3 is 20.5 Å². The van der Waals surface area contributed by atoms with Crippen LogP contribution >= 0.6 is 22.9 Å². The average Bonchev–Trinajstić information content (AvgIpc) is 3.07. The Hall–Kier alpha value is -2.30. The summed E-state index contributed by atoms with van der Waals surface area (Å²) in [5.74, 6) is -0.998. The molecule has 2 heterocycles. The van der Waals surface area contributed by atoms with Crippen LogP contribution in [0.4, 0.5) is 5.82 Å². The SMILES string of the molecule is COCCOC(=O)c1cnc(C(C)NC(=O)c2ncnc(N)c2Cl)s1. The molecule has 3 N–H and O–H groups in total. The van der Waals surface area contributed by atoms with Crippen LogP contribution in [0.25, 0.3) is 0 Å². The molecule has 9 nitrogen and oxygen atoms in total. The monoisotopic (exact) mass is 385 g/mol. The van der Waals surface area contributed by atoms with Crippen molar-refractivity contribution in [3.63, 3.8) is 0 Å². The van der Waals surface area contributed by atoms with Crippen LogP contribution in [0.3, 0.4) is 0 Å². The zero-order valence-electron chi connectivity index (χ0n) is 13.5. The lowest BCUT2D eigenvalue weighted by Crippen LogP contribution is -2.28. The minimum Gasteiger partial charge on any atom is -0.459 e. The van der Waals surface area contributed by atoms with Crippen molar-refractivity contribution in [3.8, 4) is 0 Å². The molecule has 1 atom stereocenters. The first-order chi connectivity index (χ1) is 11.9. The predicted molar refractivity (Wildman–Crippen MR) is 91.6 cm³/mol. The molecule has 134 valence electrons. The van der Waals surface area contributed by atoms with Crippen molar-refractivity contribution < 1.29 is 19.1 Å². The summed E-state index contributed by atoms with van der Waals surface area (Å²) < 4.78 is 9.82. The van der Waals surface area contributed by atoms with Gasteiger partial charge in [0.2, 0.25) is 0 Å². The van der Waals surface area contributed by atoms with Crippen molar-refractivity contribution in [1.82, 2.24) is 20.3 Å². The fraction of sp³-hybridized carbons (Fsp3) is 0.357. The minimum absolute atomic E-state index is 0.0183. The highest BCUT2D eigenvalue weighted by atomic mass is 35.5. The molecule has 2 aromatic heterocycles. The smallest absolute Gasteiger partial charge is 0.350 e. The van der Waals surface area contributed by atoms with Gasteiger partial charge in [0.15, 0.2) is 5.69 Å². The zero-order chi connectivity index (χ0) is 18.4. The standard InChI is InChI=1S/C14H16ClN5O4S/c1-7(20-12(21)10-9(15)11(16)19-6-18-10)13-17-5-8(25-13)14(22)24-4-3-23-2/h5-7H,3-4H2,1-2H3,(H,20,21)(H2,16,18,19). The van der Waals surface area contributed by atoms with E-state index < -0.39 is 17.9 Å². The third-order valence-corrected chi connectivity index (χ3v) is 4.53. The number of nitrogens with two attached hydrogens (primary N) is 1. The van der Waals surface area contributed by atoms with E-state index in [2.05, 4.69) is 20.3 Å². The average molecular weight is 386 g/mol. The van der Waals surface area contributed by atoms with Crippen LogP contribution in [0.15, 0.2) is 12.5 Å². The Balaban J connectivity index is 2.01. The molecule has 0 radical (unpaired) electrons. The largest absolute Gasteiger partial charge is 0.459 e. The minimum atomic E-state index is -0.522. The van der Waals surface area contributed by atoms with E-state index in [1.807, 2.05) is 0 Å². The van der Waals surface area contributed by atoms with E-state index in [-0.39, 0.29) is 23.1 Å². The maximum atomic E-state index is 12.2. The summed E-state index contributed by atoms with van der Waals surface area (Å²) in [6.45, 7) is 2.18. The molecule has 0 spiro atoms. The lowest BCUT2D eigenvalue weighted by atomic mass is 10.3. The maximum absolute atomic E-state index is 12.2. The molecule has 0 fully saturated rings. The third-order valence-electron chi connectivity index (χ3n) is 2.99. The number of esters is 1. The summed E-state index contributed by atoms with van der Waals surface area (Å²) in [5.41, 5.74) is 5.52. The van der Waals surface area contributed by atoms with E-state index >= 15 is 0 Å². The van der Waals surface area contributed by atoms with Crippen molar-refractivity contribution >= 4 is 40.6 Å². The number of hydrogen-bond donors (Lipinski definition) is 2. The summed E-state index contributed by atoms with van der Waals surface area (Å²) in [4.78, 5) is 36.1. The topological polar surface area (TPSA) is 129 Å². The fourth-order valence-electron chi connectivity index (χ4n) is 1.74. The van der Waals surface area contributed by atoms with Crippen LogP contribution in [0.5, 0.6) is 0 Å². The fourth-order valence-corrected chi connectivity index (χ4v) is 2.74. The number of nitrogen functional groups attached to an aromatic ring is 1. The first kappa shape index (κ1) is 19.0. The lowest BCUT2D eigenvalue weighted by molar-refractivity contribution is 0.0393. The number of ether oxygens (including phenoxy) is 2. The van der Waals surface area contributed by atoms with Gasteiger partial charge in [-0.1, -0.05) is 11.6 Å². The van der Waals surface area contributed by atoms with Crippen molar-refractivity contribution in [2.24, 2.45) is 0 Å². The number of nitrogens with one attached hydrogen (secondary N) is 1. The molecule has 0 aliphatic rings. The second kappa shape index (κ2) is 8.70. The molecule has 0 bridgehead atoms. The highest BCUT2D eigenvalue weighted by Gasteiger charge is 2.20. The number of aromatic nitrogens is 3. The quantitative estimate of drug-likeness (QED) is 0.541. The number of rotatable bonds is 7. The Morgan fingerprint density at radius 3 is 2.84 bits per heavy atom. The normalized spacial score (nSPS) is 11.8. The van der Waals surface area contributed by atoms with Gasteiger partial charge in [0.25, 0.3) is 5.91 Å². The third kappa shape index (κ3) is 4.84. The number of carbonyl (C=O) groups is 2. The number of anilines is 1. The number of methoxy groups -OCH3 is 1. The van der Waals surface area contributed by atoms with Crippen molar-refractivity contribution in [2.45, 2.75) is 13.0 Å². The van der Waals surface area contributed by atoms with Gasteiger partial charge in [0.1, 0.15) is 33.7 Å². The summed E-state index contributed by atoms with van der Waals surface area (Å²) in [6.07, 6.45) is 2.55. The number of thiazole rings is 1. The van der Waals surface area contributed by atoms with Gasteiger partial charge in [-0.25, -0.2) is 19.7 Å². The highest BCUT2D eigenvalue weighted by Crippen LogP contribution is 2.23. The molecular formula is C14H16ClN5O4S. The van der Waals surface area contributed by atoms with E-state index in [9.17, 15) is 9.59 Å². The molecule has 0 saturated heterocycles. The molecular weight excluding hydrogens is 370 g/mol. The number of amides is 1. The van der Waals surface area contributed by atoms with Crippen molar-refractivity contribution in [1.29, 1.82) is 0 Å². The summed E-state index contributed by atoms with van der Waals surface area (Å²) in [7, 11) is 1.51. The van der Waals surface area contributed by atoms with E-state index in [1.54, 1.807) is 6.92 Å². The first-order valence-electron chi connectivity index (χ1n) is 7.12. The number of halogens is 1. The summed E-state index contributed by atoms with van der Waals surface area (Å²) >= 11 is 7.05. The maximum Gasteiger partial charge on any atom is 0.350 e. The van der Waals surface area contributed by atoms with Gasteiger partial charge >= 0.3 is 5.97 Å². The van der Waals surface area contributed by atoms with Crippen molar-refractivity contribution in [2.75, 3.05) is 26.1 Å². The first-order valence-corrected chi connectivity index (χ1v) is 8.32. The molecule has 25 heavy (non-hydrogen) atoms. The van der Waals surface area contributed by atoms with Crippen LogP contribution in [0, 0.1) is 0 Å². The van der Waals surface area contributed by atoms with E-state index in [0.29, 0.717) is 16.5 Å². The molecule has 11 heteroatoms. The van der Waals surface area contributed by atoms with Gasteiger partial charge in [-0.15, -0.1) is 11.3 Å². The molecule has 1 unspecified atom stereocenters. The Morgan fingerprint density at radius 1 is 1.36 bits per heavy atom. The van der Waals surface area contributed by atoms with Gasteiger partial charge in [-0.05, 0) is 6.92 Å². The number of nitrogens with zero attached hydrogens (tertiary/aromatic N) is 3. The van der Waals surface area contributed by atoms with Gasteiger partial charge in [0, 0.05) is 7.11 Å². The molecule has 0 aromatic carbocycles. The van der Waals surface area contributed by atoms with Crippen molar-refractivity contribution in [3.05, 3.63) is 33.1 Å². The number of carbonyl (C=O) groups excluding carboxylic acids is 2. The second-order valence-electron chi connectivity index (χ2n) is 4.81. The van der Waals surface area contributed by atoms with Gasteiger partial charge in [0.05, 0.1) is 18.8 Å². The van der Waals surface area contributed by atoms with Crippen LogP contribution in [0.1, 0.15) is 38.1 Å². The number of hydrogen-bond acceptors (Lipinski definition) is 9. The van der Waals surface area contributed by atoms with Crippen LogP contribution in [0.2, 0.25) is 5.02 Å². The summed E-state index contributed by atoms with van der Waals surface area (Å²) in [6, 6.07) is -0.467. The Morgan fingerprint density at radius 2 is 2.12 bits per heavy atom. The predicted octanol–water partition coefficient (Wildman–Crippen LogP) is 1.46. The molecule has 0 aliphatic heterocycles. The van der Waals surface area contributed by atoms with Crippen LogP contribution in [-0.2, 0) is 9.47 Å². The van der Waals surface area contributed by atoms with Crippen LogP contribution < -0.4 is 11.1 Å². The van der Waals surface area contributed by atoms with E-state index in [1.165, 1.54) is 13.3 Å². The lowest BCUT2D eigenvalue weighted by Gasteiger charge is -2.11. The van der Waals surface area contributed by atoms with Crippen LogP contribution in [-0.4, -0.2) is 47.2 Å². The van der Waals surface area contributed by atoms with Gasteiger partial charge in [-0.3, -0.25) is 4.79 Å². The Bertz CT molecular complexity index is 769. The van der Waals surface area contributed by atoms with E-state index in [0.717, 1.165) is 17.7 Å². The molecule has 1 amide bonds. The Labute approximate surface area is 152 Å².